The fraction of sp³-hybridized carbons (Fsp3) is 0.219. The van der Waals surface area contributed by atoms with Gasteiger partial charge in [-0.3, -0.25) is 9.36 Å². The number of methoxy groups -OCH3 is 1. The van der Waals surface area contributed by atoms with Crippen LogP contribution in [0.3, 0.4) is 0 Å². The lowest BCUT2D eigenvalue weighted by Crippen LogP contribution is -2.39. The van der Waals surface area contributed by atoms with Crippen molar-refractivity contribution >= 4 is 46.6 Å². The van der Waals surface area contributed by atoms with Crippen molar-refractivity contribution in [3.05, 3.63) is 119 Å². The van der Waals surface area contributed by atoms with Crippen molar-refractivity contribution in [3.8, 4) is 17.2 Å². The Balaban J connectivity index is 1.62. The summed E-state index contributed by atoms with van der Waals surface area (Å²) in [6, 6.07) is 13.5. The van der Waals surface area contributed by atoms with E-state index in [9.17, 15) is 14.0 Å². The van der Waals surface area contributed by atoms with E-state index in [0.29, 0.717) is 55.9 Å². The van der Waals surface area contributed by atoms with Gasteiger partial charge in [-0.2, -0.15) is 0 Å². The fourth-order valence-electron chi connectivity index (χ4n) is 4.70. The summed E-state index contributed by atoms with van der Waals surface area (Å²) in [6.07, 6.45) is 3.03. The number of nitrogens with zero attached hydrogens (tertiary/aromatic N) is 2. The smallest absolute Gasteiger partial charge is 0.337 e. The Labute approximate surface area is 266 Å². The molecule has 1 aliphatic rings. The minimum atomic E-state index is -0.854. The second kappa shape index (κ2) is 13.7. The van der Waals surface area contributed by atoms with Crippen LogP contribution in [0.5, 0.6) is 17.2 Å². The molecule has 44 heavy (non-hydrogen) atoms. The Bertz CT molecular complexity index is 1920. The molecule has 1 aromatic heterocycles. The molecule has 0 N–H and O–H groups in total. The number of benzene rings is 3. The highest BCUT2D eigenvalue weighted by Crippen LogP contribution is 2.36. The summed E-state index contributed by atoms with van der Waals surface area (Å²) < 4.78 is 37.7. The maximum absolute atomic E-state index is 14.0. The number of ether oxygens (including phenoxy) is 4. The third-order valence-electron chi connectivity index (χ3n) is 6.63. The zero-order valence-corrected chi connectivity index (χ0v) is 26.3. The summed E-state index contributed by atoms with van der Waals surface area (Å²) in [6.45, 7) is 4.65. The molecule has 0 radical (unpaired) electrons. The van der Waals surface area contributed by atoms with E-state index in [-0.39, 0.29) is 23.0 Å². The highest BCUT2D eigenvalue weighted by molar-refractivity contribution is 7.07. The van der Waals surface area contributed by atoms with Gasteiger partial charge in [0.2, 0.25) is 0 Å². The Morgan fingerprint density at radius 1 is 1.02 bits per heavy atom. The van der Waals surface area contributed by atoms with Crippen molar-refractivity contribution in [1.82, 2.24) is 4.57 Å². The predicted octanol–water partition coefficient (Wildman–Crippen LogP) is 5.84. The Morgan fingerprint density at radius 2 is 1.75 bits per heavy atom. The standard InChI is InChI=1S/C32H27Cl2FN2O6S/c1-4-41-25-11-8-19(13-26(25)42-5-2)28-23(31(39)40-3)16-36-32-37(28)30(38)27(44-32)14-20-12-21(33)15-24(34)29(20)43-17-18-6-9-22(35)10-7-18/h6-16,28H,4-5,17H2,1-3H3/b27-14+/t28-/m0/s1. The van der Waals surface area contributed by atoms with Gasteiger partial charge in [-0.05, 0) is 67.4 Å². The maximum atomic E-state index is 14.0. The van der Waals surface area contributed by atoms with Crippen LogP contribution in [0.25, 0.3) is 6.08 Å². The molecule has 0 amide bonds. The highest BCUT2D eigenvalue weighted by Gasteiger charge is 2.31. The molecule has 0 bridgehead atoms. The van der Waals surface area contributed by atoms with Crippen LogP contribution >= 0.6 is 34.5 Å². The van der Waals surface area contributed by atoms with E-state index in [0.717, 1.165) is 16.9 Å². The molecule has 0 spiro atoms. The largest absolute Gasteiger partial charge is 0.490 e. The van der Waals surface area contributed by atoms with Gasteiger partial charge in [0, 0.05) is 16.8 Å². The number of aromatic nitrogens is 1. The molecule has 8 nitrogen and oxygen atoms in total. The zero-order valence-electron chi connectivity index (χ0n) is 23.9. The van der Waals surface area contributed by atoms with Gasteiger partial charge in [0.05, 0.1) is 41.5 Å². The predicted molar refractivity (Wildman–Crippen MR) is 167 cm³/mol. The first-order valence-corrected chi connectivity index (χ1v) is 15.2. The third kappa shape index (κ3) is 6.52. The lowest BCUT2D eigenvalue weighted by molar-refractivity contribution is -0.136. The molecule has 12 heteroatoms. The Morgan fingerprint density at radius 3 is 2.45 bits per heavy atom. The number of hydrogen-bond acceptors (Lipinski definition) is 8. The summed E-state index contributed by atoms with van der Waals surface area (Å²) in [5.41, 5.74) is 1.55. The van der Waals surface area contributed by atoms with E-state index in [1.165, 1.54) is 36.1 Å². The van der Waals surface area contributed by atoms with Gasteiger partial charge in [0.1, 0.15) is 18.2 Å². The summed E-state index contributed by atoms with van der Waals surface area (Å²) in [4.78, 5) is 31.7. The molecule has 0 saturated heterocycles. The molecule has 1 atom stereocenters. The van der Waals surface area contributed by atoms with E-state index >= 15 is 0 Å². The quantitative estimate of drug-likeness (QED) is 0.199. The zero-order chi connectivity index (χ0) is 31.4. The van der Waals surface area contributed by atoms with Crippen LogP contribution < -0.4 is 29.1 Å². The molecule has 0 unspecified atom stereocenters. The summed E-state index contributed by atoms with van der Waals surface area (Å²) in [7, 11) is 1.27. The van der Waals surface area contributed by atoms with Crippen molar-refractivity contribution in [2.75, 3.05) is 20.3 Å². The van der Waals surface area contributed by atoms with Crippen molar-refractivity contribution < 1.29 is 28.1 Å². The van der Waals surface area contributed by atoms with Gasteiger partial charge in [-0.25, -0.2) is 14.2 Å². The lowest BCUT2D eigenvalue weighted by atomic mass is 9.97. The number of carbonyl (C=O) groups excluding carboxylic acids is 1. The number of halogens is 3. The maximum Gasteiger partial charge on any atom is 0.337 e. The molecule has 2 heterocycles. The van der Waals surface area contributed by atoms with Gasteiger partial charge >= 0.3 is 5.97 Å². The van der Waals surface area contributed by atoms with E-state index in [1.54, 1.807) is 42.5 Å². The first-order chi connectivity index (χ1) is 21.2. The number of fused-ring (bicyclic) bond motifs is 1. The van der Waals surface area contributed by atoms with Crippen LogP contribution in [0.15, 0.2) is 76.2 Å². The number of thiazole rings is 1. The summed E-state index contributed by atoms with van der Waals surface area (Å²) in [5.74, 6) is 0.332. The molecule has 3 aromatic carbocycles. The third-order valence-corrected chi connectivity index (χ3v) is 8.12. The van der Waals surface area contributed by atoms with Crippen LogP contribution in [-0.2, 0) is 16.1 Å². The molecule has 1 aliphatic heterocycles. The molecule has 0 saturated carbocycles. The first-order valence-electron chi connectivity index (χ1n) is 13.6. The normalized spacial score (nSPS) is 14.4. The first kappa shape index (κ1) is 31.3. The van der Waals surface area contributed by atoms with Gasteiger partial charge in [-0.1, -0.05) is 52.7 Å². The van der Waals surface area contributed by atoms with Crippen LogP contribution in [0.4, 0.5) is 4.39 Å². The average Bonchev–Trinajstić information content (AvgIpc) is 3.32. The van der Waals surface area contributed by atoms with Crippen molar-refractivity contribution in [2.45, 2.75) is 26.5 Å². The number of rotatable bonds is 10. The minimum absolute atomic E-state index is 0.103. The summed E-state index contributed by atoms with van der Waals surface area (Å²) in [5, 5.41) is 0.578. The van der Waals surface area contributed by atoms with Gasteiger partial charge in [0.25, 0.3) is 5.56 Å². The summed E-state index contributed by atoms with van der Waals surface area (Å²) >= 11 is 14.0. The molecule has 0 fully saturated rings. The van der Waals surface area contributed by atoms with Crippen molar-refractivity contribution in [2.24, 2.45) is 4.99 Å². The second-order valence-corrected chi connectivity index (χ2v) is 11.3. The molecule has 5 rings (SSSR count). The van der Waals surface area contributed by atoms with Crippen LogP contribution in [-0.4, -0.2) is 30.9 Å². The number of carbonyl (C=O) groups is 1. The molecule has 4 aromatic rings. The van der Waals surface area contributed by atoms with E-state index < -0.39 is 17.6 Å². The Kier molecular flexibility index (Phi) is 9.73. The van der Waals surface area contributed by atoms with E-state index in [4.69, 9.17) is 42.1 Å². The number of hydrogen-bond donors (Lipinski definition) is 0. The topological polar surface area (TPSA) is 88.4 Å². The minimum Gasteiger partial charge on any atom is -0.490 e. The van der Waals surface area contributed by atoms with E-state index in [2.05, 4.69) is 4.99 Å². The van der Waals surface area contributed by atoms with Gasteiger partial charge in [0.15, 0.2) is 16.3 Å². The second-order valence-electron chi connectivity index (χ2n) is 9.47. The molecule has 228 valence electrons. The van der Waals surface area contributed by atoms with Crippen LogP contribution in [0, 0.1) is 5.82 Å². The van der Waals surface area contributed by atoms with Gasteiger partial charge < -0.3 is 18.9 Å². The monoisotopic (exact) mass is 656 g/mol. The average molecular weight is 658 g/mol. The molecular formula is C32H27Cl2FN2O6S. The van der Waals surface area contributed by atoms with Crippen LogP contribution in [0.2, 0.25) is 10.0 Å². The van der Waals surface area contributed by atoms with E-state index in [1.807, 2.05) is 13.8 Å². The van der Waals surface area contributed by atoms with Gasteiger partial charge in [-0.15, -0.1) is 0 Å². The van der Waals surface area contributed by atoms with Crippen molar-refractivity contribution in [1.29, 1.82) is 0 Å². The molecular weight excluding hydrogens is 630 g/mol. The SMILES string of the molecule is CCOc1ccc([C@H]2C(C(=O)OC)=CN=c3s/c(=C/c4cc(Cl)cc(Cl)c4OCc4ccc(F)cc4)c(=O)n32)cc1OCC. The highest BCUT2D eigenvalue weighted by atomic mass is 35.5. The number of esters is 1. The van der Waals surface area contributed by atoms with Crippen LogP contribution in [0.1, 0.15) is 36.6 Å². The fourth-order valence-corrected chi connectivity index (χ4v) is 6.23. The molecule has 0 aliphatic carbocycles. The Hall–Kier alpha value is -4.12. The lowest BCUT2D eigenvalue weighted by Gasteiger charge is -2.23. The van der Waals surface area contributed by atoms with Crippen molar-refractivity contribution in [3.63, 3.8) is 0 Å².